The van der Waals surface area contributed by atoms with Crippen LogP contribution >= 0.6 is 36.2 Å². The smallest absolute Gasteiger partial charge is 0.231 e. The molecule has 3 rings (SSSR count). The Labute approximate surface area is 182 Å². The number of hydrogen-bond donors (Lipinski definition) is 1. The third kappa shape index (κ3) is 5.98. The summed E-state index contributed by atoms with van der Waals surface area (Å²) in [7, 11) is 1.82. The summed E-state index contributed by atoms with van der Waals surface area (Å²) in [6.45, 7) is 5.11. The lowest BCUT2D eigenvalue weighted by atomic mass is 10.0. The summed E-state index contributed by atoms with van der Waals surface area (Å²) < 4.78 is 10.7. The highest BCUT2D eigenvalue weighted by atomic mass is 35.5. The largest absolute Gasteiger partial charge is 0.454 e. The number of benzene rings is 1. The second kappa shape index (κ2) is 10.9. The lowest BCUT2D eigenvalue weighted by Gasteiger charge is -2.21. The molecular formula is C19H27Cl2N3O3S. The van der Waals surface area contributed by atoms with E-state index < -0.39 is 0 Å². The summed E-state index contributed by atoms with van der Waals surface area (Å²) in [6.07, 6.45) is 1.11. The number of halogens is 2. The van der Waals surface area contributed by atoms with E-state index in [1.54, 1.807) is 4.90 Å². The summed E-state index contributed by atoms with van der Waals surface area (Å²) in [4.78, 5) is 18.7. The van der Waals surface area contributed by atoms with Crippen LogP contribution in [0.2, 0.25) is 0 Å². The number of ether oxygens (including phenoxy) is 2. The number of carbonyl (C=O) groups is 1. The standard InChI is InChI=1S/C19H25N3O3S.2ClH/c1-12(2)15(20)6-7-22(3)18(23)9-14-10-26-19(21-14)13-4-5-16-17(8-13)25-11-24-16;;/h4-5,8,10,12,15H,6-7,9,11,20H2,1-3H3;2*1H. The molecule has 2 aromatic rings. The fourth-order valence-electron chi connectivity index (χ4n) is 2.64. The number of thiazole rings is 1. The SMILES string of the molecule is CC(C)C(N)CCN(C)C(=O)Cc1csc(-c2ccc3c(c2)OCO3)n1.Cl.Cl. The van der Waals surface area contributed by atoms with E-state index in [-0.39, 0.29) is 43.6 Å². The lowest BCUT2D eigenvalue weighted by Crippen LogP contribution is -2.35. The number of likely N-dealkylation sites (N-methyl/N-ethyl adjacent to an activating group) is 1. The highest BCUT2D eigenvalue weighted by molar-refractivity contribution is 7.13. The average molecular weight is 448 g/mol. The van der Waals surface area contributed by atoms with Gasteiger partial charge in [0.25, 0.3) is 0 Å². The van der Waals surface area contributed by atoms with E-state index in [0.717, 1.165) is 34.2 Å². The Morgan fingerprint density at radius 3 is 2.71 bits per heavy atom. The molecule has 0 radical (unpaired) electrons. The molecule has 1 amide bonds. The molecule has 6 nitrogen and oxygen atoms in total. The van der Waals surface area contributed by atoms with Crippen LogP contribution in [-0.2, 0) is 11.2 Å². The van der Waals surface area contributed by atoms with Crippen LogP contribution in [0.15, 0.2) is 23.6 Å². The third-order valence-electron chi connectivity index (χ3n) is 4.58. The zero-order valence-corrected chi connectivity index (χ0v) is 18.7. The molecule has 28 heavy (non-hydrogen) atoms. The van der Waals surface area contributed by atoms with Gasteiger partial charge in [-0.3, -0.25) is 4.79 Å². The Bertz CT molecular complexity index is 786. The van der Waals surface area contributed by atoms with E-state index >= 15 is 0 Å². The summed E-state index contributed by atoms with van der Waals surface area (Å²) in [5.41, 5.74) is 7.81. The zero-order valence-electron chi connectivity index (χ0n) is 16.2. The Hall–Kier alpha value is -1.54. The molecule has 1 aromatic heterocycles. The molecule has 1 aliphatic heterocycles. The van der Waals surface area contributed by atoms with Gasteiger partial charge in [0.2, 0.25) is 12.7 Å². The van der Waals surface area contributed by atoms with Crippen LogP contribution in [0.5, 0.6) is 11.5 Å². The molecule has 0 saturated heterocycles. The maximum Gasteiger partial charge on any atom is 0.231 e. The van der Waals surface area contributed by atoms with Crippen molar-refractivity contribution in [3.05, 3.63) is 29.3 Å². The van der Waals surface area contributed by atoms with Crippen LogP contribution in [0.3, 0.4) is 0 Å². The number of carbonyl (C=O) groups excluding carboxylic acids is 1. The van der Waals surface area contributed by atoms with E-state index in [2.05, 4.69) is 18.8 Å². The van der Waals surface area contributed by atoms with Gasteiger partial charge < -0.3 is 20.1 Å². The van der Waals surface area contributed by atoms with Crippen molar-refractivity contribution < 1.29 is 14.3 Å². The molecule has 0 aliphatic carbocycles. The summed E-state index contributed by atoms with van der Waals surface area (Å²) >= 11 is 1.53. The third-order valence-corrected chi connectivity index (χ3v) is 5.52. The van der Waals surface area contributed by atoms with Crippen molar-refractivity contribution in [2.45, 2.75) is 32.7 Å². The minimum absolute atomic E-state index is 0. The van der Waals surface area contributed by atoms with Gasteiger partial charge >= 0.3 is 0 Å². The second-order valence-corrected chi connectivity index (χ2v) is 7.76. The highest BCUT2D eigenvalue weighted by Crippen LogP contribution is 2.36. The van der Waals surface area contributed by atoms with Crippen LogP contribution in [0.1, 0.15) is 26.0 Å². The van der Waals surface area contributed by atoms with Crippen molar-refractivity contribution in [2.24, 2.45) is 11.7 Å². The number of aromatic nitrogens is 1. The molecule has 1 unspecified atom stereocenters. The second-order valence-electron chi connectivity index (χ2n) is 6.90. The molecule has 2 heterocycles. The van der Waals surface area contributed by atoms with Crippen LogP contribution < -0.4 is 15.2 Å². The van der Waals surface area contributed by atoms with Gasteiger partial charge in [0.1, 0.15) is 5.01 Å². The molecular weight excluding hydrogens is 421 g/mol. The first-order valence-electron chi connectivity index (χ1n) is 8.78. The Balaban J connectivity index is 0.00000196. The number of nitrogens with two attached hydrogens (primary N) is 1. The predicted octanol–water partition coefficient (Wildman–Crippen LogP) is 3.76. The maximum absolute atomic E-state index is 12.4. The lowest BCUT2D eigenvalue weighted by molar-refractivity contribution is -0.129. The zero-order chi connectivity index (χ0) is 18.7. The minimum atomic E-state index is 0. The number of hydrogen-bond acceptors (Lipinski definition) is 6. The van der Waals surface area contributed by atoms with Gasteiger partial charge in [0.15, 0.2) is 11.5 Å². The van der Waals surface area contributed by atoms with Crippen molar-refractivity contribution >= 4 is 42.1 Å². The van der Waals surface area contributed by atoms with E-state index in [4.69, 9.17) is 15.2 Å². The van der Waals surface area contributed by atoms with Gasteiger partial charge in [0.05, 0.1) is 12.1 Å². The minimum Gasteiger partial charge on any atom is -0.454 e. The fraction of sp³-hybridized carbons (Fsp3) is 0.474. The molecule has 2 N–H and O–H groups in total. The van der Waals surface area contributed by atoms with Gasteiger partial charge in [0, 0.05) is 30.6 Å². The Morgan fingerprint density at radius 2 is 2.00 bits per heavy atom. The predicted molar refractivity (Wildman–Crippen MR) is 117 cm³/mol. The monoisotopic (exact) mass is 447 g/mol. The molecule has 156 valence electrons. The average Bonchev–Trinajstić information content (AvgIpc) is 3.27. The summed E-state index contributed by atoms with van der Waals surface area (Å²) in [6, 6.07) is 5.88. The Morgan fingerprint density at radius 1 is 1.29 bits per heavy atom. The molecule has 1 aromatic carbocycles. The Kier molecular flexibility index (Phi) is 9.50. The quantitative estimate of drug-likeness (QED) is 0.698. The van der Waals surface area contributed by atoms with Gasteiger partial charge in [-0.05, 0) is 30.5 Å². The molecule has 1 atom stereocenters. The molecule has 1 aliphatic rings. The first kappa shape index (κ1) is 24.5. The van der Waals surface area contributed by atoms with Crippen molar-refractivity contribution in [3.63, 3.8) is 0 Å². The summed E-state index contributed by atoms with van der Waals surface area (Å²) in [5, 5.41) is 2.81. The van der Waals surface area contributed by atoms with Gasteiger partial charge in [-0.2, -0.15) is 0 Å². The van der Waals surface area contributed by atoms with E-state index in [1.807, 2.05) is 30.6 Å². The van der Waals surface area contributed by atoms with Gasteiger partial charge in [-0.15, -0.1) is 36.2 Å². The molecule has 0 fully saturated rings. The van der Waals surface area contributed by atoms with E-state index in [9.17, 15) is 4.79 Å². The topological polar surface area (TPSA) is 77.7 Å². The summed E-state index contributed by atoms with van der Waals surface area (Å²) in [5.74, 6) is 1.96. The van der Waals surface area contributed by atoms with E-state index in [1.165, 1.54) is 11.3 Å². The fourth-order valence-corrected chi connectivity index (χ4v) is 3.46. The number of nitrogens with zero attached hydrogens (tertiary/aromatic N) is 2. The van der Waals surface area contributed by atoms with Gasteiger partial charge in [-0.25, -0.2) is 4.98 Å². The molecule has 9 heteroatoms. The van der Waals surface area contributed by atoms with E-state index in [0.29, 0.717) is 18.9 Å². The van der Waals surface area contributed by atoms with Crippen LogP contribution in [0, 0.1) is 5.92 Å². The van der Waals surface area contributed by atoms with Crippen LogP contribution in [0.4, 0.5) is 0 Å². The molecule has 0 saturated carbocycles. The highest BCUT2D eigenvalue weighted by Gasteiger charge is 2.17. The maximum atomic E-state index is 12.4. The van der Waals surface area contributed by atoms with Crippen molar-refractivity contribution in [3.8, 4) is 22.1 Å². The van der Waals surface area contributed by atoms with Crippen LogP contribution in [0.25, 0.3) is 10.6 Å². The van der Waals surface area contributed by atoms with Crippen molar-refractivity contribution in [1.29, 1.82) is 0 Å². The van der Waals surface area contributed by atoms with Crippen molar-refractivity contribution in [2.75, 3.05) is 20.4 Å². The number of rotatable bonds is 7. The molecule has 0 bridgehead atoms. The van der Waals surface area contributed by atoms with Crippen LogP contribution in [-0.4, -0.2) is 42.2 Å². The first-order chi connectivity index (χ1) is 12.4. The van der Waals surface area contributed by atoms with Crippen molar-refractivity contribution in [1.82, 2.24) is 9.88 Å². The molecule has 0 spiro atoms. The number of amides is 1. The number of fused-ring (bicyclic) bond motifs is 1. The first-order valence-corrected chi connectivity index (χ1v) is 9.66. The van der Waals surface area contributed by atoms with Gasteiger partial charge in [-0.1, -0.05) is 13.8 Å². The normalized spacial score (nSPS) is 12.9.